The molecule has 3 nitrogen and oxygen atoms in total. The van der Waals surface area contributed by atoms with Gasteiger partial charge in [-0.2, -0.15) is 0 Å². The van der Waals surface area contributed by atoms with Crippen LogP contribution in [0.3, 0.4) is 0 Å². The van der Waals surface area contributed by atoms with Crippen LogP contribution >= 0.6 is 0 Å². The quantitative estimate of drug-likeness (QED) is 0.630. The molecule has 0 radical (unpaired) electrons. The van der Waals surface area contributed by atoms with Gasteiger partial charge in [0.05, 0.1) is 19.8 Å². The monoisotopic (exact) mass is 286 g/mol. The molecule has 0 bridgehead atoms. The second-order valence-corrected chi connectivity index (χ2v) is 4.30. The summed E-state index contributed by atoms with van der Waals surface area (Å²) in [6.07, 6.45) is 1.39. The first-order valence-corrected chi connectivity index (χ1v) is 6.34. The van der Waals surface area contributed by atoms with E-state index in [1.807, 2.05) is 12.1 Å². The molecule has 0 saturated heterocycles. The Morgan fingerprint density at radius 2 is 1.62 bits per heavy atom. The van der Waals surface area contributed by atoms with E-state index < -0.39 is 11.8 Å². The number of halogens is 1. The Hall–Kier alpha value is -2.62. The van der Waals surface area contributed by atoms with Gasteiger partial charge in [0.15, 0.2) is 0 Å². The van der Waals surface area contributed by atoms with Crippen LogP contribution in [0, 0.1) is 0 Å². The van der Waals surface area contributed by atoms with Crippen LogP contribution in [0.25, 0.3) is 11.9 Å². The average molecular weight is 286 g/mol. The molecule has 0 fully saturated rings. The van der Waals surface area contributed by atoms with Crippen LogP contribution in [0.15, 0.2) is 48.5 Å². The SMILES string of the molecule is COC(=O)c1ccc(/C(F)=C\c2ccccc2OC)cc1. The predicted molar refractivity (Wildman–Crippen MR) is 79.8 cm³/mol. The van der Waals surface area contributed by atoms with Crippen molar-refractivity contribution < 1.29 is 18.7 Å². The highest BCUT2D eigenvalue weighted by Gasteiger charge is 2.07. The molecule has 2 aromatic rings. The van der Waals surface area contributed by atoms with Gasteiger partial charge in [0.1, 0.15) is 11.6 Å². The molecule has 21 heavy (non-hydrogen) atoms. The number of rotatable bonds is 4. The standard InChI is InChI=1S/C17H15FO3/c1-20-16-6-4-3-5-14(16)11-15(18)12-7-9-13(10-8-12)17(19)21-2/h3-11H,1-2H3/b15-11+. The van der Waals surface area contributed by atoms with Gasteiger partial charge < -0.3 is 9.47 Å². The van der Waals surface area contributed by atoms with E-state index in [0.717, 1.165) is 0 Å². The van der Waals surface area contributed by atoms with E-state index in [1.165, 1.54) is 44.6 Å². The number of ether oxygens (including phenoxy) is 2. The van der Waals surface area contributed by atoms with E-state index in [-0.39, 0.29) is 0 Å². The lowest BCUT2D eigenvalue weighted by Gasteiger charge is -2.05. The van der Waals surface area contributed by atoms with Crippen molar-refractivity contribution in [3.63, 3.8) is 0 Å². The highest BCUT2D eigenvalue weighted by Crippen LogP contribution is 2.25. The lowest BCUT2D eigenvalue weighted by molar-refractivity contribution is 0.0600. The Morgan fingerprint density at radius 1 is 1.00 bits per heavy atom. The molecule has 0 saturated carbocycles. The topological polar surface area (TPSA) is 35.5 Å². The molecule has 108 valence electrons. The third-order valence-corrected chi connectivity index (χ3v) is 3.00. The first kappa shape index (κ1) is 14.8. The summed E-state index contributed by atoms with van der Waals surface area (Å²) >= 11 is 0. The van der Waals surface area contributed by atoms with Gasteiger partial charge in [-0.15, -0.1) is 0 Å². The van der Waals surface area contributed by atoms with Gasteiger partial charge in [-0.1, -0.05) is 30.3 Å². The Bertz CT molecular complexity index is 660. The van der Waals surface area contributed by atoms with Crippen molar-refractivity contribution in [2.24, 2.45) is 0 Å². The van der Waals surface area contributed by atoms with E-state index in [2.05, 4.69) is 4.74 Å². The Kier molecular flexibility index (Phi) is 4.72. The van der Waals surface area contributed by atoms with Crippen molar-refractivity contribution in [1.29, 1.82) is 0 Å². The van der Waals surface area contributed by atoms with Crippen LogP contribution in [0.2, 0.25) is 0 Å². The van der Waals surface area contributed by atoms with E-state index >= 15 is 0 Å². The maximum Gasteiger partial charge on any atom is 0.337 e. The van der Waals surface area contributed by atoms with Gasteiger partial charge in [-0.3, -0.25) is 0 Å². The van der Waals surface area contributed by atoms with Crippen LogP contribution in [0.1, 0.15) is 21.5 Å². The zero-order valence-electron chi connectivity index (χ0n) is 11.8. The molecule has 0 N–H and O–H groups in total. The smallest absolute Gasteiger partial charge is 0.337 e. The summed E-state index contributed by atoms with van der Waals surface area (Å²) in [5, 5.41) is 0. The summed E-state index contributed by atoms with van der Waals surface area (Å²) in [6, 6.07) is 13.3. The van der Waals surface area contributed by atoms with Crippen molar-refractivity contribution in [2.75, 3.05) is 14.2 Å². The minimum Gasteiger partial charge on any atom is -0.496 e. The molecular formula is C17H15FO3. The molecular weight excluding hydrogens is 271 g/mol. The van der Waals surface area contributed by atoms with Crippen molar-refractivity contribution in [3.05, 3.63) is 65.2 Å². The van der Waals surface area contributed by atoms with E-state index in [0.29, 0.717) is 22.4 Å². The number of para-hydroxylation sites is 1. The van der Waals surface area contributed by atoms with Crippen molar-refractivity contribution in [1.82, 2.24) is 0 Å². The number of methoxy groups -OCH3 is 2. The minimum absolute atomic E-state index is 0.381. The third kappa shape index (κ3) is 3.48. The van der Waals surface area contributed by atoms with E-state index in [9.17, 15) is 9.18 Å². The maximum absolute atomic E-state index is 14.2. The fraction of sp³-hybridized carbons (Fsp3) is 0.118. The van der Waals surface area contributed by atoms with Gasteiger partial charge in [-0.05, 0) is 24.3 Å². The molecule has 0 aliphatic carbocycles. The average Bonchev–Trinajstić information content (AvgIpc) is 2.54. The fourth-order valence-electron chi connectivity index (χ4n) is 1.89. The summed E-state index contributed by atoms with van der Waals surface area (Å²) < 4.78 is 24.0. The van der Waals surface area contributed by atoms with Crippen LogP contribution in [0.4, 0.5) is 4.39 Å². The molecule has 2 aromatic carbocycles. The van der Waals surface area contributed by atoms with Crippen LogP contribution in [-0.2, 0) is 4.74 Å². The van der Waals surface area contributed by atoms with Gasteiger partial charge in [-0.25, -0.2) is 9.18 Å². The number of hydrogen-bond acceptors (Lipinski definition) is 3. The minimum atomic E-state index is -0.448. The molecule has 0 aliphatic heterocycles. The lowest BCUT2D eigenvalue weighted by atomic mass is 10.1. The first-order valence-electron chi connectivity index (χ1n) is 6.34. The zero-order valence-corrected chi connectivity index (χ0v) is 11.8. The van der Waals surface area contributed by atoms with Crippen LogP contribution in [0.5, 0.6) is 5.75 Å². The third-order valence-electron chi connectivity index (χ3n) is 3.00. The molecule has 0 amide bonds. The van der Waals surface area contributed by atoms with Gasteiger partial charge in [0, 0.05) is 11.1 Å². The first-order chi connectivity index (χ1) is 10.2. The van der Waals surface area contributed by atoms with E-state index in [1.54, 1.807) is 12.1 Å². The Balaban J connectivity index is 2.29. The maximum atomic E-state index is 14.2. The second-order valence-electron chi connectivity index (χ2n) is 4.30. The number of hydrogen-bond donors (Lipinski definition) is 0. The van der Waals surface area contributed by atoms with Gasteiger partial charge in [0.25, 0.3) is 0 Å². The number of carbonyl (C=O) groups is 1. The van der Waals surface area contributed by atoms with E-state index in [4.69, 9.17) is 4.74 Å². The Labute approximate surface area is 122 Å². The summed E-state index contributed by atoms with van der Waals surface area (Å²) in [4.78, 5) is 11.3. The number of carbonyl (C=O) groups excluding carboxylic acids is 1. The molecule has 0 atom stereocenters. The van der Waals surface area contributed by atoms with Gasteiger partial charge in [0.2, 0.25) is 0 Å². The van der Waals surface area contributed by atoms with Crippen LogP contribution < -0.4 is 4.74 Å². The molecule has 0 aromatic heterocycles. The molecule has 0 spiro atoms. The molecule has 2 rings (SSSR count). The van der Waals surface area contributed by atoms with Gasteiger partial charge >= 0.3 is 5.97 Å². The second kappa shape index (κ2) is 6.70. The highest BCUT2D eigenvalue weighted by atomic mass is 19.1. The highest BCUT2D eigenvalue weighted by molar-refractivity contribution is 5.90. The summed E-state index contributed by atoms with van der Waals surface area (Å²) in [5.74, 6) is -0.259. The predicted octanol–water partition coefficient (Wildman–Crippen LogP) is 3.95. The summed E-state index contributed by atoms with van der Waals surface area (Å²) in [5.41, 5.74) is 1.41. The van der Waals surface area contributed by atoms with Crippen molar-refractivity contribution in [2.45, 2.75) is 0 Å². The van der Waals surface area contributed by atoms with Crippen molar-refractivity contribution >= 4 is 17.9 Å². The molecule has 0 heterocycles. The molecule has 4 heteroatoms. The summed E-state index contributed by atoms with van der Waals surface area (Å²) in [7, 11) is 2.84. The molecule has 0 unspecified atom stereocenters. The van der Waals surface area contributed by atoms with Crippen LogP contribution in [-0.4, -0.2) is 20.2 Å². The lowest BCUT2D eigenvalue weighted by Crippen LogP contribution is -2.00. The Morgan fingerprint density at radius 3 is 2.24 bits per heavy atom. The zero-order chi connectivity index (χ0) is 15.2. The number of benzene rings is 2. The number of esters is 1. The fourth-order valence-corrected chi connectivity index (χ4v) is 1.89. The normalized spacial score (nSPS) is 11.1. The largest absolute Gasteiger partial charge is 0.496 e. The van der Waals surface area contributed by atoms with Crippen molar-refractivity contribution in [3.8, 4) is 5.75 Å². The molecule has 0 aliphatic rings. The summed E-state index contributed by atoms with van der Waals surface area (Å²) in [6.45, 7) is 0.